The van der Waals surface area contributed by atoms with Crippen molar-refractivity contribution in [1.29, 1.82) is 0 Å². The van der Waals surface area contributed by atoms with Gasteiger partial charge in [0.05, 0.1) is 4.47 Å². The number of ether oxygens (including phenoxy) is 1. The molecule has 4 heteroatoms. The molecule has 0 bridgehead atoms. The van der Waals surface area contributed by atoms with Crippen LogP contribution < -0.4 is 10.5 Å². The van der Waals surface area contributed by atoms with Crippen LogP contribution in [0.3, 0.4) is 0 Å². The minimum Gasteiger partial charge on any atom is -0.455 e. The zero-order valence-electron chi connectivity index (χ0n) is 10.0. The molecule has 0 radical (unpaired) electrons. The Labute approximate surface area is 119 Å². The Morgan fingerprint density at radius 2 is 1.74 bits per heavy atom. The summed E-state index contributed by atoms with van der Waals surface area (Å²) in [5.41, 5.74) is 6.72. The van der Waals surface area contributed by atoms with Gasteiger partial charge in [0.2, 0.25) is 0 Å². The summed E-state index contributed by atoms with van der Waals surface area (Å²) in [6, 6.07) is 13.5. The van der Waals surface area contributed by atoms with Crippen LogP contribution in [0.25, 0.3) is 10.8 Å². The summed E-state index contributed by atoms with van der Waals surface area (Å²) in [4.78, 5) is 4.02. The third-order valence-electron chi connectivity index (χ3n) is 2.87. The number of aromatic nitrogens is 1. The summed E-state index contributed by atoms with van der Waals surface area (Å²) >= 11 is 3.42. The Morgan fingerprint density at radius 3 is 2.53 bits per heavy atom. The lowest BCUT2D eigenvalue weighted by atomic mass is 10.1. The Bertz CT molecular complexity index is 743. The highest BCUT2D eigenvalue weighted by molar-refractivity contribution is 9.10. The maximum atomic E-state index is 5.97. The van der Waals surface area contributed by atoms with Gasteiger partial charge in [-0.1, -0.05) is 24.3 Å². The predicted molar refractivity (Wildman–Crippen MR) is 80.4 cm³/mol. The van der Waals surface area contributed by atoms with E-state index in [9.17, 15) is 0 Å². The van der Waals surface area contributed by atoms with Crippen LogP contribution in [0, 0.1) is 0 Å². The lowest BCUT2D eigenvalue weighted by molar-refractivity contribution is 0.484. The first-order valence-electron chi connectivity index (χ1n) is 5.80. The van der Waals surface area contributed by atoms with Gasteiger partial charge in [0.25, 0.3) is 0 Å². The normalized spacial score (nSPS) is 10.6. The summed E-state index contributed by atoms with van der Waals surface area (Å²) in [6.45, 7) is 0. The van der Waals surface area contributed by atoms with Crippen LogP contribution in [-0.2, 0) is 0 Å². The molecule has 0 atom stereocenters. The minimum absolute atomic E-state index is 0.727. The summed E-state index contributed by atoms with van der Waals surface area (Å²) in [5, 5.41) is 1.98. The number of hydrogen-bond acceptors (Lipinski definition) is 3. The van der Waals surface area contributed by atoms with E-state index in [4.69, 9.17) is 10.5 Å². The number of anilines is 1. The van der Waals surface area contributed by atoms with E-state index in [0.717, 1.165) is 32.4 Å². The van der Waals surface area contributed by atoms with Gasteiger partial charge in [-0.2, -0.15) is 0 Å². The van der Waals surface area contributed by atoms with Crippen molar-refractivity contribution >= 4 is 32.4 Å². The summed E-state index contributed by atoms with van der Waals surface area (Å²) in [5.74, 6) is 1.50. The maximum absolute atomic E-state index is 5.97. The van der Waals surface area contributed by atoms with E-state index in [2.05, 4.69) is 20.9 Å². The maximum Gasteiger partial charge on any atom is 0.144 e. The van der Waals surface area contributed by atoms with Crippen molar-refractivity contribution in [2.75, 3.05) is 5.73 Å². The molecule has 2 N–H and O–H groups in total. The monoisotopic (exact) mass is 314 g/mol. The van der Waals surface area contributed by atoms with Gasteiger partial charge in [-0.05, 0) is 28.1 Å². The zero-order chi connectivity index (χ0) is 13.2. The summed E-state index contributed by atoms with van der Waals surface area (Å²) < 4.78 is 6.75. The second-order valence-corrected chi connectivity index (χ2v) is 4.96. The van der Waals surface area contributed by atoms with Crippen LogP contribution in [0.5, 0.6) is 11.5 Å². The predicted octanol–water partition coefficient (Wildman–Crippen LogP) is 4.37. The van der Waals surface area contributed by atoms with Crippen LogP contribution in [0.15, 0.2) is 59.3 Å². The molecule has 19 heavy (non-hydrogen) atoms. The minimum atomic E-state index is 0.727. The first-order valence-corrected chi connectivity index (χ1v) is 6.59. The number of hydrogen-bond donors (Lipinski definition) is 1. The van der Waals surface area contributed by atoms with E-state index in [1.807, 2.05) is 42.5 Å². The Balaban J connectivity index is 2.12. The fraction of sp³-hybridized carbons (Fsp3) is 0. The van der Waals surface area contributed by atoms with Crippen molar-refractivity contribution in [1.82, 2.24) is 4.98 Å². The van der Waals surface area contributed by atoms with E-state index in [1.165, 1.54) is 0 Å². The lowest BCUT2D eigenvalue weighted by Gasteiger charge is -2.11. The molecule has 0 saturated carbocycles. The van der Waals surface area contributed by atoms with Gasteiger partial charge in [-0.3, -0.25) is 4.98 Å². The van der Waals surface area contributed by atoms with Crippen LogP contribution in [-0.4, -0.2) is 4.98 Å². The first-order chi connectivity index (χ1) is 9.25. The molecule has 0 spiro atoms. The highest BCUT2D eigenvalue weighted by atomic mass is 79.9. The van der Waals surface area contributed by atoms with Crippen molar-refractivity contribution in [2.24, 2.45) is 0 Å². The zero-order valence-corrected chi connectivity index (χ0v) is 11.6. The molecule has 3 aromatic rings. The molecule has 3 nitrogen and oxygen atoms in total. The molecule has 94 valence electrons. The van der Waals surface area contributed by atoms with Crippen LogP contribution in [0.1, 0.15) is 0 Å². The number of fused-ring (bicyclic) bond motifs is 1. The largest absolute Gasteiger partial charge is 0.455 e. The molecule has 0 fully saturated rings. The molecule has 0 aliphatic rings. The summed E-state index contributed by atoms with van der Waals surface area (Å²) in [7, 11) is 0. The highest BCUT2D eigenvalue weighted by Crippen LogP contribution is 2.35. The van der Waals surface area contributed by atoms with E-state index < -0.39 is 0 Å². The van der Waals surface area contributed by atoms with E-state index in [1.54, 1.807) is 12.4 Å². The number of halogens is 1. The molecule has 0 saturated heterocycles. The topological polar surface area (TPSA) is 48.1 Å². The number of pyridine rings is 1. The SMILES string of the molecule is Nc1ccc(Oc2ccncc2Br)c2ccccc12. The van der Waals surface area contributed by atoms with Crippen molar-refractivity contribution in [3.63, 3.8) is 0 Å². The van der Waals surface area contributed by atoms with Gasteiger partial charge in [0.1, 0.15) is 11.5 Å². The van der Waals surface area contributed by atoms with Gasteiger partial charge >= 0.3 is 0 Å². The second kappa shape index (κ2) is 4.90. The summed E-state index contributed by atoms with van der Waals surface area (Å²) in [6.07, 6.45) is 3.40. The fourth-order valence-corrected chi connectivity index (χ4v) is 2.28. The van der Waals surface area contributed by atoms with Gasteiger partial charge in [-0.15, -0.1) is 0 Å². The van der Waals surface area contributed by atoms with E-state index in [-0.39, 0.29) is 0 Å². The highest BCUT2D eigenvalue weighted by Gasteiger charge is 2.07. The Hall–Kier alpha value is -2.07. The van der Waals surface area contributed by atoms with Crippen LogP contribution >= 0.6 is 15.9 Å². The molecule has 3 rings (SSSR count). The van der Waals surface area contributed by atoms with Crippen molar-refractivity contribution in [3.05, 3.63) is 59.3 Å². The first kappa shape index (κ1) is 12.0. The van der Waals surface area contributed by atoms with Crippen molar-refractivity contribution in [2.45, 2.75) is 0 Å². The Morgan fingerprint density at radius 1 is 0.947 bits per heavy atom. The third kappa shape index (κ3) is 2.27. The van der Waals surface area contributed by atoms with Crippen molar-refractivity contribution in [3.8, 4) is 11.5 Å². The quantitative estimate of drug-likeness (QED) is 0.714. The second-order valence-electron chi connectivity index (χ2n) is 4.11. The van der Waals surface area contributed by atoms with Gasteiger partial charge < -0.3 is 10.5 Å². The number of rotatable bonds is 2. The molecular formula is C15H11BrN2O. The fourth-order valence-electron chi connectivity index (χ4n) is 1.95. The van der Waals surface area contributed by atoms with Gasteiger partial charge in [0, 0.05) is 34.9 Å². The Kier molecular flexibility index (Phi) is 3.09. The molecule has 1 aromatic heterocycles. The number of nitrogens with two attached hydrogens (primary N) is 1. The molecule has 0 aliphatic carbocycles. The average Bonchev–Trinajstić information content (AvgIpc) is 2.44. The number of nitrogen functional groups attached to an aromatic ring is 1. The number of nitrogens with zero attached hydrogens (tertiary/aromatic N) is 1. The smallest absolute Gasteiger partial charge is 0.144 e. The number of benzene rings is 2. The van der Waals surface area contributed by atoms with Crippen LogP contribution in [0.4, 0.5) is 5.69 Å². The van der Waals surface area contributed by atoms with Crippen LogP contribution in [0.2, 0.25) is 0 Å². The average molecular weight is 315 g/mol. The molecule has 2 aromatic carbocycles. The lowest BCUT2D eigenvalue weighted by Crippen LogP contribution is -1.91. The van der Waals surface area contributed by atoms with Gasteiger partial charge in [0.15, 0.2) is 0 Å². The molecular weight excluding hydrogens is 304 g/mol. The molecule has 1 heterocycles. The molecule has 0 amide bonds. The van der Waals surface area contributed by atoms with E-state index in [0.29, 0.717) is 0 Å². The molecule has 0 aliphatic heterocycles. The molecule has 0 unspecified atom stereocenters. The van der Waals surface area contributed by atoms with Gasteiger partial charge in [-0.25, -0.2) is 0 Å². The standard InChI is InChI=1S/C15H11BrN2O/c16-12-9-18-8-7-15(12)19-14-6-5-13(17)10-3-1-2-4-11(10)14/h1-9H,17H2. The van der Waals surface area contributed by atoms with Crippen molar-refractivity contribution < 1.29 is 4.74 Å². The van der Waals surface area contributed by atoms with E-state index >= 15 is 0 Å². The third-order valence-corrected chi connectivity index (χ3v) is 3.47.